The lowest BCUT2D eigenvalue weighted by Gasteiger charge is -2.14. The van der Waals surface area contributed by atoms with Gasteiger partial charge in [-0.15, -0.1) is 5.10 Å². The van der Waals surface area contributed by atoms with Crippen LogP contribution in [0.15, 0.2) is 92.0 Å². The maximum absolute atomic E-state index is 13.3. The fourth-order valence-electron chi connectivity index (χ4n) is 3.84. The number of hydrogen-bond donors (Lipinski definition) is 1. The summed E-state index contributed by atoms with van der Waals surface area (Å²) < 4.78 is 16.4. The summed E-state index contributed by atoms with van der Waals surface area (Å²) >= 11 is 13.3. The van der Waals surface area contributed by atoms with Gasteiger partial charge in [0, 0.05) is 17.7 Å². The zero-order valence-corrected chi connectivity index (χ0v) is 23.4. The number of rotatable bonds is 9. The third-order valence-corrected chi connectivity index (χ3v) is 7.72. The topological polar surface area (TPSA) is 110 Å². The number of methoxy groups -OCH3 is 1. The van der Waals surface area contributed by atoms with Gasteiger partial charge in [0.1, 0.15) is 28.3 Å². The van der Waals surface area contributed by atoms with E-state index in [-0.39, 0.29) is 24.8 Å². The van der Waals surface area contributed by atoms with Crippen LogP contribution in [0.25, 0.3) is 11.3 Å². The summed E-state index contributed by atoms with van der Waals surface area (Å²) in [5, 5.41) is 11.8. The monoisotopic (exact) mass is 596 g/mol. The van der Waals surface area contributed by atoms with Crippen molar-refractivity contribution in [2.24, 2.45) is 10.2 Å². The van der Waals surface area contributed by atoms with E-state index in [2.05, 4.69) is 15.5 Å². The summed E-state index contributed by atoms with van der Waals surface area (Å²) in [4.78, 5) is 27.4. The summed E-state index contributed by atoms with van der Waals surface area (Å²) in [5.74, 6) is 1.72. The molecule has 2 aromatic heterocycles. The highest BCUT2D eigenvalue weighted by molar-refractivity contribution is 8.15. The van der Waals surface area contributed by atoms with Crippen LogP contribution < -0.4 is 10.1 Å². The first kappa shape index (κ1) is 27.6. The number of amides is 2. The van der Waals surface area contributed by atoms with Crippen molar-refractivity contribution in [2.75, 3.05) is 12.4 Å². The van der Waals surface area contributed by atoms with E-state index in [1.165, 1.54) is 29.1 Å². The molecule has 2 amide bonds. The Morgan fingerprint density at radius 3 is 2.67 bits per heavy atom. The molecule has 5 rings (SSSR count). The van der Waals surface area contributed by atoms with Gasteiger partial charge in [0.2, 0.25) is 11.8 Å². The molecule has 1 atom stereocenters. The van der Waals surface area contributed by atoms with E-state index in [4.69, 9.17) is 36.8 Å². The largest absolute Gasteiger partial charge is 0.497 e. The molecule has 204 valence electrons. The number of nitrogens with zero attached hydrogens (tertiary/aromatic N) is 3. The second kappa shape index (κ2) is 12.5. The average Bonchev–Trinajstić information content (AvgIpc) is 3.70. The molecule has 0 saturated carbocycles. The second-order valence-corrected chi connectivity index (χ2v) is 10.5. The molecular formula is C28H22Cl2N4O5S. The molecule has 1 fully saturated rings. The van der Waals surface area contributed by atoms with E-state index in [0.717, 1.165) is 5.56 Å². The summed E-state index contributed by atoms with van der Waals surface area (Å²) in [7, 11) is 1.57. The summed E-state index contributed by atoms with van der Waals surface area (Å²) in [6.07, 6.45) is 2.92. The average molecular weight is 597 g/mol. The van der Waals surface area contributed by atoms with Gasteiger partial charge in [0.15, 0.2) is 5.17 Å². The first-order chi connectivity index (χ1) is 19.4. The van der Waals surface area contributed by atoms with Crippen molar-refractivity contribution in [3.05, 3.63) is 94.6 Å². The Hall–Kier alpha value is -3.99. The van der Waals surface area contributed by atoms with Crippen LogP contribution >= 0.6 is 35.0 Å². The maximum Gasteiger partial charge on any atom is 0.243 e. The molecule has 0 spiro atoms. The molecular weight excluding hydrogens is 575 g/mol. The zero-order valence-electron chi connectivity index (χ0n) is 21.0. The van der Waals surface area contributed by atoms with Gasteiger partial charge < -0.3 is 18.9 Å². The highest BCUT2D eigenvalue weighted by Crippen LogP contribution is 2.32. The fourth-order valence-corrected chi connectivity index (χ4v) is 5.23. The van der Waals surface area contributed by atoms with E-state index in [9.17, 15) is 9.59 Å². The molecule has 1 aliphatic heterocycles. The predicted octanol–water partition coefficient (Wildman–Crippen LogP) is 6.72. The lowest BCUT2D eigenvalue weighted by molar-refractivity contribution is -0.128. The zero-order chi connectivity index (χ0) is 28.1. The number of ether oxygens (including phenoxy) is 1. The molecule has 1 N–H and O–H groups in total. The summed E-state index contributed by atoms with van der Waals surface area (Å²) in [6, 6.07) is 19.2. The molecule has 0 aliphatic carbocycles. The predicted molar refractivity (Wildman–Crippen MR) is 156 cm³/mol. The fraction of sp³-hybridized carbons (Fsp3) is 0.143. The number of halogens is 2. The number of nitrogens with one attached hydrogen (secondary N) is 1. The van der Waals surface area contributed by atoms with Crippen molar-refractivity contribution in [1.29, 1.82) is 0 Å². The number of carbonyl (C=O) groups excluding carboxylic acids is 2. The van der Waals surface area contributed by atoms with E-state index in [0.29, 0.717) is 43.9 Å². The Balaban J connectivity index is 1.29. The smallest absolute Gasteiger partial charge is 0.243 e. The first-order valence-electron chi connectivity index (χ1n) is 12.0. The molecule has 40 heavy (non-hydrogen) atoms. The summed E-state index contributed by atoms with van der Waals surface area (Å²) in [5.41, 5.74) is 1.36. The van der Waals surface area contributed by atoms with Gasteiger partial charge in [-0.1, -0.05) is 35.0 Å². The van der Waals surface area contributed by atoms with E-state index < -0.39 is 5.25 Å². The van der Waals surface area contributed by atoms with Crippen LogP contribution in [0.2, 0.25) is 10.0 Å². The molecule has 3 heterocycles. The second-order valence-electron chi connectivity index (χ2n) is 8.55. The van der Waals surface area contributed by atoms with Crippen LogP contribution in [0.3, 0.4) is 0 Å². The lowest BCUT2D eigenvalue weighted by atomic mass is 10.2. The van der Waals surface area contributed by atoms with E-state index >= 15 is 0 Å². The molecule has 1 saturated heterocycles. The van der Waals surface area contributed by atoms with Crippen LogP contribution in [0.5, 0.6) is 5.75 Å². The van der Waals surface area contributed by atoms with Gasteiger partial charge >= 0.3 is 0 Å². The number of thioether (sulfide) groups is 1. The quantitative estimate of drug-likeness (QED) is 0.170. The van der Waals surface area contributed by atoms with Gasteiger partial charge in [0.25, 0.3) is 0 Å². The number of anilines is 1. The van der Waals surface area contributed by atoms with Gasteiger partial charge in [-0.2, -0.15) is 5.10 Å². The van der Waals surface area contributed by atoms with Crippen molar-refractivity contribution >= 4 is 63.8 Å². The molecule has 1 aliphatic rings. The number of furan rings is 2. The standard InChI is InChI=1S/C28H22Cl2N4O5S/c1-37-19-7-5-18(6-8-19)32-26(35)14-25-27(36)34(16-21-3-2-12-38-21)28(40-25)33-31-15-20-9-11-24(39-20)17-4-10-22(29)23(30)13-17/h2-13,15,25H,14,16H2,1H3,(H,32,35)/b31-15+,33-28-. The van der Waals surface area contributed by atoms with Gasteiger partial charge in [0.05, 0.1) is 36.2 Å². The van der Waals surface area contributed by atoms with Crippen LogP contribution in [-0.4, -0.2) is 40.5 Å². The van der Waals surface area contributed by atoms with Crippen LogP contribution in [0, 0.1) is 0 Å². The minimum Gasteiger partial charge on any atom is -0.497 e. The highest BCUT2D eigenvalue weighted by atomic mass is 35.5. The molecule has 2 aromatic carbocycles. The molecule has 0 bridgehead atoms. The minimum absolute atomic E-state index is 0.0435. The Morgan fingerprint density at radius 1 is 1.12 bits per heavy atom. The third kappa shape index (κ3) is 6.59. The highest BCUT2D eigenvalue weighted by Gasteiger charge is 2.39. The van der Waals surface area contributed by atoms with Crippen LogP contribution in [-0.2, 0) is 16.1 Å². The molecule has 9 nitrogen and oxygen atoms in total. The van der Waals surface area contributed by atoms with Crippen molar-refractivity contribution in [3.63, 3.8) is 0 Å². The van der Waals surface area contributed by atoms with Crippen LogP contribution in [0.1, 0.15) is 17.9 Å². The lowest BCUT2D eigenvalue weighted by Crippen LogP contribution is -2.33. The Morgan fingerprint density at radius 2 is 1.95 bits per heavy atom. The van der Waals surface area contributed by atoms with E-state index in [1.54, 1.807) is 73.8 Å². The molecule has 0 radical (unpaired) electrons. The van der Waals surface area contributed by atoms with Gasteiger partial charge in [-0.3, -0.25) is 14.5 Å². The normalized spacial score (nSPS) is 16.3. The van der Waals surface area contributed by atoms with Crippen molar-refractivity contribution in [3.8, 4) is 17.1 Å². The Kier molecular flexibility index (Phi) is 8.59. The SMILES string of the molecule is COc1ccc(NC(=O)CC2S/C(=N\N=C\c3ccc(-c4ccc(Cl)c(Cl)c4)o3)N(Cc3ccco3)C2=O)cc1. The van der Waals surface area contributed by atoms with Gasteiger partial charge in [-0.05, 0) is 66.7 Å². The number of carbonyl (C=O) groups is 2. The van der Waals surface area contributed by atoms with Gasteiger partial charge in [-0.25, -0.2) is 0 Å². The third-order valence-electron chi connectivity index (χ3n) is 5.82. The van der Waals surface area contributed by atoms with Crippen LogP contribution in [0.4, 0.5) is 5.69 Å². The molecule has 12 heteroatoms. The van der Waals surface area contributed by atoms with Crippen molar-refractivity contribution < 1.29 is 23.2 Å². The molecule has 1 unspecified atom stereocenters. The number of hydrogen-bond acceptors (Lipinski definition) is 8. The number of amidine groups is 1. The minimum atomic E-state index is -0.674. The van der Waals surface area contributed by atoms with Crippen molar-refractivity contribution in [1.82, 2.24) is 4.90 Å². The van der Waals surface area contributed by atoms with E-state index in [1.807, 2.05) is 0 Å². The molecule has 4 aromatic rings. The summed E-state index contributed by atoms with van der Waals surface area (Å²) in [6.45, 7) is 0.159. The maximum atomic E-state index is 13.3. The Bertz CT molecular complexity index is 1570. The Labute approximate surface area is 243 Å². The number of benzene rings is 2. The van der Waals surface area contributed by atoms with Crippen molar-refractivity contribution in [2.45, 2.75) is 18.2 Å². The first-order valence-corrected chi connectivity index (χ1v) is 13.6.